The molecular formula is C12H19N7. The fourth-order valence-electron chi connectivity index (χ4n) is 1.78. The minimum absolute atomic E-state index is 0.498. The Hall–Kier alpha value is -2.31. The molecule has 0 aliphatic carbocycles. The van der Waals surface area contributed by atoms with Gasteiger partial charge in [0.1, 0.15) is 0 Å². The molecule has 0 aromatic carbocycles. The van der Waals surface area contributed by atoms with Crippen molar-refractivity contribution in [2.24, 2.45) is 0 Å². The number of hydrogen-bond acceptors (Lipinski definition) is 6. The number of aryl methyl sites for hydroxylation is 1. The Morgan fingerprint density at radius 3 is 2.84 bits per heavy atom. The normalized spacial score (nSPS) is 10.5. The molecule has 0 unspecified atom stereocenters. The van der Waals surface area contributed by atoms with Crippen LogP contribution < -0.4 is 16.4 Å². The largest absolute Gasteiger partial charge is 0.394 e. The van der Waals surface area contributed by atoms with Gasteiger partial charge in [0.2, 0.25) is 5.95 Å². The van der Waals surface area contributed by atoms with Crippen molar-refractivity contribution in [3.8, 4) is 0 Å². The first-order chi connectivity index (χ1) is 9.15. The predicted molar refractivity (Wildman–Crippen MR) is 76.5 cm³/mol. The molecule has 7 heteroatoms. The van der Waals surface area contributed by atoms with Crippen LogP contribution in [0.2, 0.25) is 0 Å². The lowest BCUT2D eigenvalue weighted by molar-refractivity contribution is 0.587. The molecule has 2 heterocycles. The van der Waals surface area contributed by atoms with Gasteiger partial charge in [0.25, 0.3) is 0 Å². The molecular weight excluding hydrogens is 242 g/mol. The molecule has 0 spiro atoms. The van der Waals surface area contributed by atoms with Gasteiger partial charge in [-0.1, -0.05) is 6.92 Å². The number of nitrogens with one attached hydrogen (secondary N) is 2. The number of nitrogens with zero attached hydrogens (tertiary/aromatic N) is 4. The number of anilines is 4. The van der Waals surface area contributed by atoms with E-state index in [1.165, 1.54) is 0 Å². The van der Waals surface area contributed by atoms with Crippen LogP contribution in [-0.4, -0.2) is 26.8 Å². The molecule has 2 rings (SSSR count). The molecule has 0 bridgehead atoms. The highest BCUT2D eigenvalue weighted by atomic mass is 15.3. The van der Waals surface area contributed by atoms with Crippen molar-refractivity contribution in [1.29, 1.82) is 0 Å². The first kappa shape index (κ1) is 13.1. The zero-order chi connectivity index (χ0) is 13.8. The van der Waals surface area contributed by atoms with Crippen molar-refractivity contribution in [3.05, 3.63) is 18.1 Å². The van der Waals surface area contributed by atoms with E-state index in [1.807, 2.05) is 11.6 Å². The van der Waals surface area contributed by atoms with E-state index < -0.39 is 0 Å². The summed E-state index contributed by atoms with van der Waals surface area (Å²) < 4.78 is 1.96. The summed E-state index contributed by atoms with van der Waals surface area (Å²) in [5, 5.41) is 10.4. The Bertz CT molecular complexity index is 561. The van der Waals surface area contributed by atoms with E-state index in [2.05, 4.69) is 32.6 Å². The third kappa shape index (κ3) is 2.75. The summed E-state index contributed by atoms with van der Waals surface area (Å²) in [6.45, 7) is 5.04. The van der Waals surface area contributed by atoms with Crippen LogP contribution in [0.1, 0.15) is 19.0 Å². The third-order valence-electron chi connectivity index (χ3n) is 2.84. The molecule has 19 heavy (non-hydrogen) atoms. The summed E-state index contributed by atoms with van der Waals surface area (Å²) in [6, 6.07) is 0. The maximum atomic E-state index is 5.74. The summed E-state index contributed by atoms with van der Waals surface area (Å²) in [5.41, 5.74) is 8.22. The summed E-state index contributed by atoms with van der Waals surface area (Å²) in [5.74, 6) is 1.11. The van der Waals surface area contributed by atoms with E-state index in [9.17, 15) is 0 Å². The zero-order valence-corrected chi connectivity index (χ0v) is 11.4. The van der Waals surface area contributed by atoms with Crippen LogP contribution in [0.4, 0.5) is 23.1 Å². The van der Waals surface area contributed by atoms with Crippen molar-refractivity contribution >= 4 is 23.1 Å². The molecule has 0 saturated carbocycles. The lowest BCUT2D eigenvalue weighted by Gasteiger charge is -2.08. The standard InChI is InChI=1S/C12H19N7/c1-4-5-19-8(2)10(7-16-19)17-12-15-6-9(13)11(14-3)18-12/h6-7H,4-5,13H2,1-3H3,(H2,14,15,17,18). The van der Waals surface area contributed by atoms with Crippen LogP contribution in [0, 0.1) is 6.92 Å². The molecule has 4 N–H and O–H groups in total. The van der Waals surface area contributed by atoms with Crippen molar-refractivity contribution in [3.63, 3.8) is 0 Å². The minimum atomic E-state index is 0.498. The maximum absolute atomic E-state index is 5.74. The van der Waals surface area contributed by atoms with Gasteiger partial charge in [-0.05, 0) is 13.3 Å². The van der Waals surface area contributed by atoms with Crippen LogP contribution in [0.3, 0.4) is 0 Å². The average Bonchev–Trinajstić information content (AvgIpc) is 2.74. The van der Waals surface area contributed by atoms with Gasteiger partial charge in [0.15, 0.2) is 5.82 Å². The Balaban J connectivity index is 2.21. The average molecular weight is 261 g/mol. The van der Waals surface area contributed by atoms with Gasteiger partial charge in [-0.2, -0.15) is 10.1 Å². The van der Waals surface area contributed by atoms with Crippen molar-refractivity contribution in [2.45, 2.75) is 26.8 Å². The molecule has 2 aromatic heterocycles. The molecule has 0 aliphatic rings. The predicted octanol–water partition coefficient (Wildman–Crippen LogP) is 1.76. The summed E-state index contributed by atoms with van der Waals surface area (Å²) in [7, 11) is 1.77. The van der Waals surface area contributed by atoms with E-state index >= 15 is 0 Å². The highest BCUT2D eigenvalue weighted by molar-refractivity contribution is 5.64. The fraction of sp³-hybridized carbons (Fsp3) is 0.417. The van der Waals surface area contributed by atoms with E-state index in [0.717, 1.165) is 24.3 Å². The fourth-order valence-corrected chi connectivity index (χ4v) is 1.78. The monoisotopic (exact) mass is 261 g/mol. The molecule has 0 saturated heterocycles. The Labute approximate surface area is 112 Å². The number of hydrogen-bond donors (Lipinski definition) is 3. The van der Waals surface area contributed by atoms with E-state index in [1.54, 1.807) is 19.4 Å². The van der Waals surface area contributed by atoms with Crippen LogP contribution in [-0.2, 0) is 6.54 Å². The SMILES string of the molecule is CCCn1ncc(Nc2ncc(N)c(NC)n2)c1C. The number of nitrogen functional groups attached to an aromatic ring is 1. The first-order valence-corrected chi connectivity index (χ1v) is 6.25. The third-order valence-corrected chi connectivity index (χ3v) is 2.84. The van der Waals surface area contributed by atoms with Crippen LogP contribution in [0.15, 0.2) is 12.4 Å². The summed E-state index contributed by atoms with van der Waals surface area (Å²) in [6.07, 6.45) is 4.40. The smallest absolute Gasteiger partial charge is 0.229 e. The molecule has 7 nitrogen and oxygen atoms in total. The topological polar surface area (TPSA) is 93.7 Å². The summed E-state index contributed by atoms with van der Waals surface area (Å²) in [4.78, 5) is 8.44. The van der Waals surface area contributed by atoms with Crippen molar-refractivity contribution in [2.75, 3.05) is 23.4 Å². The first-order valence-electron chi connectivity index (χ1n) is 6.25. The molecule has 0 atom stereocenters. The number of nitrogens with two attached hydrogens (primary N) is 1. The van der Waals surface area contributed by atoms with Gasteiger partial charge < -0.3 is 16.4 Å². The zero-order valence-electron chi connectivity index (χ0n) is 11.4. The number of aromatic nitrogens is 4. The molecule has 102 valence electrons. The van der Waals surface area contributed by atoms with Crippen molar-refractivity contribution in [1.82, 2.24) is 19.7 Å². The minimum Gasteiger partial charge on any atom is -0.394 e. The molecule has 0 amide bonds. The van der Waals surface area contributed by atoms with Crippen LogP contribution in [0.5, 0.6) is 0 Å². The van der Waals surface area contributed by atoms with Gasteiger partial charge in [0.05, 0.1) is 29.5 Å². The van der Waals surface area contributed by atoms with E-state index in [4.69, 9.17) is 5.73 Å². The van der Waals surface area contributed by atoms with Gasteiger partial charge in [-0.25, -0.2) is 4.98 Å². The quantitative estimate of drug-likeness (QED) is 0.759. The number of rotatable bonds is 5. The van der Waals surface area contributed by atoms with E-state index in [-0.39, 0.29) is 0 Å². The second-order valence-electron chi connectivity index (χ2n) is 4.24. The van der Waals surface area contributed by atoms with Gasteiger partial charge in [-0.3, -0.25) is 4.68 Å². The maximum Gasteiger partial charge on any atom is 0.229 e. The lowest BCUT2D eigenvalue weighted by Crippen LogP contribution is -2.05. The second-order valence-corrected chi connectivity index (χ2v) is 4.24. The highest BCUT2D eigenvalue weighted by Gasteiger charge is 2.08. The second kappa shape index (κ2) is 5.55. The van der Waals surface area contributed by atoms with Gasteiger partial charge in [0, 0.05) is 13.6 Å². The highest BCUT2D eigenvalue weighted by Crippen LogP contribution is 2.20. The molecule has 2 aromatic rings. The van der Waals surface area contributed by atoms with E-state index in [0.29, 0.717) is 17.5 Å². The van der Waals surface area contributed by atoms with Crippen LogP contribution >= 0.6 is 0 Å². The van der Waals surface area contributed by atoms with Gasteiger partial charge in [-0.15, -0.1) is 0 Å². The van der Waals surface area contributed by atoms with Crippen LogP contribution in [0.25, 0.3) is 0 Å². The molecule has 0 aliphatic heterocycles. The van der Waals surface area contributed by atoms with Crippen molar-refractivity contribution < 1.29 is 0 Å². The molecule has 0 fully saturated rings. The summed E-state index contributed by atoms with van der Waals surface area (Å²) >= 11 is 0. The Morgan fingerprint density at radius 1 is 1.37 bits per heavy atom. The molecule has 0 radical (unpaired) electrons. The van der Waals surface area contributed by atoms with Gasteiger partial charge >= 0.3 is 0 Å². The Kier molecular flexibility index (Phi) is 3.84. The lowest BCUT2D eigenvalue weighted by atomic mass is 10.4. The Morgan fingerprint density at radius 2 is 2.16 bits per heavy atom.